The zero-order valence-corrected chi connectivity index (χ0v) is 13.8. The highest BCUT2D eigenvalue weighted by Gasteiger charge is 2.20. The predicted molar refractivity (Wildman–Crippen MR) is 86.6 cm³/mol. The summed E-state index contributed by atoms with van der Waals surface area (Å²) in [6, 6.07) is 11.1. The molecule has 0 fully saturated rings. The van der Waals surface area contributed by atoms with Gasteiger partial charge in [0.1, 0.15) is 0 Å². The number of sulfone groups is 1. The minimum atomic E-state index is -3.53. The lowest BCUT2D eigenvalue weighted by Crippen LogP contribution is -2.16. The molecule has 0 aliphatic carbocycles. The number of rotatable bonds is 6. The van der Waals surface area contributed by atoms with E-state index >= 15 is 0 Å². The van der Waals surface area contributed by atoms with E-state index in [-0.39, 0.29) is 17.1 Å². The van der Waals surface area contributed by atoms with Gasteiger partial charge in [-0.2, -0.15) is 0 Å². The molecule has 0 heterocycles. The van der Waals surface area contributed by atoms with Gasteiger partial charge in [-0.05, 0) is 30.2 Å². The molecule has 0 aliphatic rings. The van der Waals surface area contributed by atoms with Gasteiger partial charge in [0, 0.05) is 0 Å². The normalized spacial score (nSPS) is 12.9. The number of benzene rings is 2. The molecule has 1 atom stereocenters. The Hall–Kier alpha value is -1.92. The van der Waals surface area contributed by atoms with Crippen molar-refractivity contribution in [2.45, 2.75) is 18.8 Å². The van der Waals surface area contributed by atoms with Crippen LogP contribution in [0.2, 0.25) is 0 Å². The second kappa shape index (κ2) is 7.10. The van der Waals surface area contributed by atoms with Gasteiger partial charge in [-0.25, -0.2) is 12.8 Å². The van der Waals surface area contributed by atoms with Crippen LogP contribution in [0.4, 0.5) is 4.39 Å². The van der Waals surface area contributed by atoms with Gasteiger partial charge in [0.05, 0.1) is 24.7 Å². The summed E-state index contributed by atoms with van der Waals surface area (Å²) >= 11 is 0. The van der Waals surface area contributed by atoms with Crippen LogP contribution in [-0.2, 0) is 15.6 Å². The Labute approximate surface area is 135 Å². The summed E-state index contributed by atoms with van der Waals surface area (Å²) < 4.78 is 42.8. The molecule has 23 heavy (non-hydrogen) atoms. The molecule has 1 N–H and O–H groups in total. The standard InChI is InChI=1S/C17H19FO4S/c1-12-3-5-13(6-4-12)10-23(20,21)11-16(19)14-7-8-17(22-2)15(18)9-14/h3-9,16,19H,10-11H2,1-2H3. The van der Waals surface area contributed by atoms with E-state index in [4.69, 9.17) is 4.74 Å². The van der Waals surface area contributed by atoms with Gasteiger partial charge in [0.15, 0.2) is 21.4 Å². The molecular weight excluding hydrogens is 319 g/mol. The van der Waals surface area contributed by atoms with Crippen LogP contribution in [-0.4, -0.2) is 26.4 Å². The molecule has 0 saturated heterocycles. The van der Waals surface area contributed by atoms with Gasteiger partial charge in [-0.15, -0.1) is 0 Å². The van der Waals surface area contributed by atoms with Gasteiger partial charge in [-0.1, -0.05) is 35.9 Å². The Kier molecular flexibility index (Phi) is 5.38. The molecule has 0 bridgehead atoms. The summed E-state index contributed by atoms with van der Waals surface area (Å²) in [5, 5.41) is 10.1. The lowest BCUT2D eigenvalue weighted by molar-refractivity contribution is 0.201. The SMILES string of the molecule is COc1ccc(C(O)CS(=O)(=O)Cc2ccc(C)cc2)cc1F. The van der Waals surface area contributed by atoms with Crippen molar-refractivity contribution in [3.05, 3.63) is 65.0 Å². The van der Waals surface area contributed by atoms with Crippen molar-refractivity contribution in [1.82, 2.24) is 0 Å². The van der Waals surface area contributed by atoms with E-state index in [9.17, 15) is 17.9 Å². The van der Waals surface area contributed by atoms with Crippen LogP contribution in [0.25, 0.3) is 0 Å². The molecule has 2 aromatic carbocycles. The number of hydrogen-bond acceptors (Lipinski definition) is 4. The second-order valence-corrected chi connectivity index (χ2v) is 7.56. The van der Waals surface area contributed by atoms with Gasteiger partial charge in [0.25, 0.3) is 0 Å². The fourth-order valence-electron chi connectivity index (χ4n) is 2.22. The first-order valence-electron chi connectivity index (χ1n) is 7.08. The number of aliphatic hydroxyl groups is 1. The van der Waals surface area contributed by atoms with Gasteiger partial charge in [-0.3, -0.25) is 0 Å². The maximum absolute atomic E-state index is 13.6. The van der Waals surface area contributed by atoms with Crippen molar-refractivity contribution in [3.63, 3.8) is 0 Å². The van der Waals surface area contributed by atoms with Gasteiger partial charge >= 0.3 is 0 Å². The Morgan fingerprint density at radius 2 is 1.83 bits per heavy atom. The van der Waals surface area contributed by atoms with E-state index in [1.165, 1.54) is 19.2 Å². The van der Waals surface area contributed by atoms with Crippen LogP contribution in [0.3, 0.4) is 0 Å². The van der Waals surface area contributed by atoms with Crippen molar-refractivity contribution < 1.29 is 22.7 Å². The third-order valence-corrected chi connectivity index (χ3v) is 5.08. The molecule has 0 saturated carbocycles. The molecule has 2 aromatic rings. The number of aliphatic hydroxyl groups excluding tert-OH is 1. The summed E-state index contributed by atoms with van der Waals surface area (Å²) in [5.74, 6) is -1.22. The highest BCUT2D eigenvalue weighted by Crippen LogP contribution is 2.23. The number of aryl methyl sites for hydroxylation is 1. The summed E-state index contributed by atoms with van der Waals surface area (Å²) in [7, 11) is -2.19. The van der Waals surface area contributed by atoms with Crippen molar-refractivity contribution in [2.24, 2.45) is 0 Å². The zero-order valence-electron chi connectivity index (χ0n) is 13.0. The third kappa shape index (κ3) is 4.77. The van der Waals surface area contributed by atoms with Crippen LogP contribution in [0.5, 0.6) is 5.75 Å². The van der Waals surface area contributed by atoms with Crippen LogP contribution < -0.4 is 4.74 Å². The molecule has 1 unspecified atom stereocenters. The molecule has 4 nitrogen and oxygen atoms in total. The zero-order chi connectivity index (χ0) is 17.0. The van der Waals surface area contributed by atoms with E-state index < -0.39 is 27.5 Å². The Balaban J connectivity index is 2.10. The molecule has 0 radical (unpaired) electrons. The average Bonchev–Trinajstić information content (AvgIpc) is 2.48. The lowest BCUT2D eigenvalue weighted by Gasteiger charge is -2.13. The summed E-state index contributed by atoms with van der Waals surface area (Å²) in [6.07, 6.45) is -1.29. The lowest BCUT2D eigenvalue weighted by atomic mass is 10.1. The van der Waals surface area contributed by atoms with E-state index in [0.29, 0.717) is 5.56 Å². The Morgan fingerprint density at radius 1 is 1.17 bits per heavy atom. The second-order valence-electron chi connectivity index (χ2n) is 5.45. The maximum Gasteiger partial charge on any atom is 0.165 e. The topological polar surface area (TPSA) is 63.6 Å². The van der Waals surface area contributed by atoms with Crippen LogP contribution in [0.1, 0.15) is 22.8 Å². The summed E-state index contributed by atoms with van der Waals surface area (Å²) in [4.78, 5) is 0. The summed E-state index contributed by atoms with van der Waals surface area (Å²) in [5.41, 5.74) is 1.90. The van der Waals surface area contributed by atoms with Crippen molar-refractivity contribution in [1.29, 1.82) is 0 Å². The van der Waals surface area contributed by atoms with E-state index in [1.54, 1.807) is 12.1 Å². The fraction of sp³-hybridized carbons (Fsp3) is 0.294. The molecule has 0 amide bonds. The Morgan fingerprint density at radius 3 is 2.39 bits per heavy atom. The maximum atomic E-state index is 13.6. The fourth-order valence-corrected chi connectivity index (χ4v) is 3.72. The first kappa shape index (κ1) is 17.4. The van der Waals surface area contributed by atoms with Crippen LogP contribution in [0, 0.1) is 12.7 Å². The molecule has 0 spiro atoms. The first-order valence-corrected chi connectivity index (χ1v) is 8.90. The van der Waals surface area contributed by atoms with Crippen molar-refractivity contribution >= 4 is 9.84 Å². The van der Waals surface area contributed by atoms with Crippen molar-refractivity contribution in [2.75, 3.05) is 12.9 Å². The monoisotopic (exact) mass is 338 g/mol. The first-order chi connectivity index (χ1) is 10.8. The molecule has 0 aliphatic heterocycles. The quantitative estimate of drug-likeness (QED) is 0.880. The summed E-state index contributed by atoms with van der Waals surface area (Å²) in [6.45, 7) is 1.92. The van der Waals surface area contributed by atoms with Crippen LogP contribution in [0.15, 0.2) is 42.5 Å². The van der Waals surface area contributed by atoms with E-state index in [0.717, 1.165) is 11.6 Å². The molecule has 124 valence electrons. The molecular formula is C17H19FO4S. The largest absolute Gasteiger partial charge is 0.494 e. The van der Waals surface area contributed by atoms with E-state index in [1.807, 2.05) is 19.1 Å². The third-order valence-electron chi connectivity index (χ3n) is 3.48. The van der Waals surface area contributed by atoms with Crippen molar-refractivity contribution in [3.8, 4) is 5.75 Å². The van der Waals surface area contributed by atoms with Crippen LogP contribution >= 0.6 is 0 Å². The average molecular weight is 338 g/mol. The minimum Gasteiger partial charge on any atom is -0.494 e. The van der Waals surface area contributed by atoms with Gasteiger partial charge < -0.3 is 9.84 Å². The molecule has 2 rings (SSSR count). The molecule has 6 heteroatoms. The highest BCUT2D eigenvalue weighted by atomic mass is 32.2. The Bertz CT molecular complexity index is 770. The molecule has 0 aromatic heterocycles. The number of ether oxygens (including phenoxy) is 1. The van der Waals surface area contributed by atoms with E-state index in [2.05, 4.69) is 0 Å². The van der Waals surface area contributed by atoms with Gasteiger partial charge in [0.2, 0.25) is 0 Å². The predicted octanol–water partition coefficient (Wildman–Crippen LogP) is 2.79. The highest BCUT2D eigenvalue weighted by molar-refractivity contribution is 7.90. The smallest absolute Gasteiger partial charge is 0.165 e. The minimum absolute atomic E-state index is 0.0449. The number of methoxy groups -OCH3 is 1. The number of hydrogen-bond donors (Lipinski definition) is 1. The number of halogens is 1.